The summed E-state index contributed by atoms with van der Waals surface area (Å²) >= 11 is 0. The predicted molar refractivity (Wildman–Crippen MR) is 108 cm³/mol. The highest BCUT2D eigenvalue weighted by Gasteiger charge is 2.10. The van der Waals surface area contributed by atoms with E-state index in [1.807, 2.05) is 70.2 Å². The van der Waals surface area contributed by atoms with E-state index in [2.05, 4.69) is 5.32 Å². The quantitative estimate of drug-likeness (QED) is 0.668. The second kappa shape index (κ2) is 9.91. The Labute approximate surface area is 161 Å². The fraction of sp³-hybridized carbons (Fsp3) is 0.391. The molecule has 0 aliphatic heterocycles. The van der Waals surface area contributed by atoms with Crippen LogP contribution in [0, 0.1) is 13.8 Å². The van der Waals surface area contributed by atoms with Crippen LogP contribution >= 0.6 is 0 Å². The van der Waals surface area contributed by atoms with Gasteiger partial charge in [-0.2, -0.15) is 0 Å². The molecule has 0 spiro atoms. The molecule has 0 atom stereocenters. The summed E-state index contributed by atoms with van der Waals surface area (Å²) in [5, 5.41) is 2.88. The van der Waals surface area contributed by atoms with E-state index in [1.165, 1.54) is 0 Å². The summed E-state index contributed by atoms with van der Waals surface area (Å²) in [5.74, 6) is 0.767. The van der Waals surface area contributed by atoms with E-state index in [0.29, 0.717) is 12.1 Å². The highest BCUT2D eigenvalue weighted by atomic mass is 16.5. The first-order chi connectivity index (χ1) is 12.8. The van der Waals surface area contributed by atoms with Gasteiger partial charge in [-0.25, -0.2) is 0 Å². The van der Waals surface area contributed by atoms with Crippen molar-refractivity contribution in [3.05, 3.63) is 64.7 Å². The number of benzene rings is 2. The molecule has 0 aliphatic rings. The molecule has 2 rings (SSSR count). The summed E-state index contributed by atoms with van der Waals surface area (Å²) in [6.07, 6.45) is 1.35. The number of ketones is 1. The van der Waals surface area contributed by atoms with Gasteiger partial charge in [-0.15, -0.1) is 0 Å². The van der Waals surface area contributed by atoms with Crippen LogP contribution in [0.1, 0.15) is 53.7 Å². The molecular weight excluding hydrogens is 338 g/mol. The minimum absolute atomic E-state index is 0.00833. The van der Waals surface area contributed by atoms with Crippen molar-refractivity contribution in [3.8, 4) is 5.75 Å². The fourth-order valence-electron chi connectivity index (χ4n) is 2.73. The lowest BCUT2D eigenvalue weighted by molar-refractivity contribution is -0.121. The first kappa shape index (κ1) is 20.7. The normalized spacial score (nSPS) is 10.7. The summed E-state index contributed by atoms with van der Waals surface area (Å²) in [7, 11) is 0. The Bertz CT molecular complexity index is 779. The van der Waals surface area contributed by atoms with Gasteiger partial charge in [0.2, 0.25) is 5.91 Å². The van der Waals surface area contributed by atoms with Crippen molar-refractivity contribution < 1.29 is 14.3 Å². The third-order valence-corrected chi connectivity index (χ3v) is 4.44. The van der Waals surface area contributed by atoms with Crippen molar-refractivity contribution in [2.45, 2.75) is 53.1 Å². The molecule has 2 aromatic carbocycles. The highest BCUT2D eigenvalue weighted by Crippen LogP contribution is 2.14. The number of amides is 1. The van der Waals surface area contributed by atoms with Crippen LogP contribution in [0.2, 0.25) is 0 Å². The molecule has 1 amide bonds. The summed E-state index contributed by atoms with van der Waals surface area (Å²) < 4.78 is 5.61. The predicted octanol–water partition coefficient (Wildman–Crippen LogP) is 4.41. The number of carbonyl (C=O) groups excluding carboxylic acids is 2. The zero-order valence-electron chi connectivity index (χ0n) is 16.7. The fourth-order valence-corrected chi connectivity index (χ4v) is 2.73. The molecule has 0 fully saturated rings. The lowest BCUT2D eigenvalue weighted by atomic mass is 10.0. The topological polar surface area (TPSA) is 55.4 Å². The van der Waals surface area contributed by atoms with Crippen molar-refractivity contribution >= 4 is 11.7 Å². The van der Waals surface area contributed by atoms with E-state index < -0.39 is 0 Å². The zero-order chi connectivity index (χ0) is 19.8. The molecule has 0 aromatic heterocycles. The summed E-state index contributed by atoms with van der Waals surface area (Å²) in [6.45, 7) is 8.55. The molecule has 0 radical (unpaired) electrons. The minimum Gasteiger partial charge on any atom is -0.491 e. The maximum Gasteiger partial charge on any atom is 0.220 e. The van der Waals surface area contributed by atoms with Gasteiger partial charge in [-0.05, 0) is 69.0 Å². The average molecular weight is 367 g/mol. The molecule has 0 aliphatic carbocycles. The van der Waals surface area contributed by atoms with Gasteiger partial charge >= 0.3 is 0 Å². The molecule has 0 unspecified atom stereocenters. The Morgan fingerprint density at radius 2 is 1.67 bits per heavy atom. The summed E-state index contributed by atoms with van der Waals surface area (Å²) in [5.41, 5.74) is 4.07. The van der Waals surface area contributed by atoms with E-state index >= 15 is 0 Å². The molecule has 4 nitrogen and oxygen atoms in total. The molecule has 1 N–H and O–H groups in total. The Morgan fingerprint density at radius 1 is 0.963 bits per heavy atom. The minimum atomic E-state index is -0.0908. The lowest BCUT2D eigenvalue weighted by Gasteiger charge is -2.10. The van der Waals surface area contributed by atoms with Gasteiger partial charge in [0, 0.05) is 24.9 Å². The van der Waals surface area contributed by atoms with Gasteiger partial charge in [0.15, 0.2) is 5.78 Å². The van der Waals surface area contributed by atoms with Crippen LogP contribution in [0.25, 0.3) is 0 Å². The summed E-state index contributed by atoms with van der Waals surface area (Å²) in [6, 6.07) is 13.6. The van der Waals surface area contributed by atoms with Crippen LogP contribution in [-0.4, -0.2) is 24.3 Å². The third kappa shape index (κ3) is 6.89. The molecule has 0 bridgehead atoms. The van der Waals surface area contributed by atoms with E-state index in [-0.39, 0.29) is 30.6 Å². The standard InChI is InChI=1S/C23H29NO3/c1-16(2)27-21-9-6-19(7-10-21)13-14-24-23(26)12-11-22(25)20-8-5-17(3)18(4)15-20/h5-10,15-16H,11-14H2,1-4H3,(H,24,26). The number of hydrogen-bond donors (Lipinski definition) is 1. The maximum atomic E-state index is 12.2. The number of rotatable bonds is 9. The number of carbonyl (C=O) groups is 2. The molecule has 2 aromatic rings. The van der Waals surface area contributed by atoms with Crippen LogP contribution in [0.3, 0.4) is 0 Å². The van der Waals surface area contributed by atoms with Crippen molar-refractivity contribution in [1.82, 2.24) is 5.32 Å². The third-order valence-electron chi connectivity index (χ3n) is 4.44. The van der Waals surface area contributed by atoms with Gasteiger partial charge in [0.25, 0.3) is 0 Å². The molecule has 0 heterocycles. The summed E-state index contributed by atoms with van der Waals surface area (Å²) in [4.78, 5) is 24.2. The number of Topliss-reactive ketones (excluding diaryl/α,β-unsaturated/α-hetero) is 1. The van der Waals surface area contributed by atoms with Crippen LogP contribution in [0.5, 0.6) is 5.75 Å². The Balaban J connectivity index is 1.71. The van der Waals surface area contributed by atoms with Crippen molar-refractivity contribution in [1.29, 1.82) is 0 Å². The molecule has 0 saturated carbocycles. The molecule has 0 saturated heterocycles. The van der Waals surface area contributed by atoms with Gasteiger partial charge in [-0.1, -0.05) is 24.3 Å². The van der Waals surface area contributed by atoms with Crippen molar-refractivity contribution in [2.24, 2.45) is 0 Å². The van der Waals surface area contributed by atoms with E-state index in [9.17, 15) is 9.59 Å². The Hall–Kier alpha value is -2.62. The van der Waals surface area contributed by atoms with Gasteiger partial charge in [-0.3, -0.25) is 9.59 Å². The molecule has 4 heteroatoms. The molecule has 144 valence electrons. The van der Waals surface area contributed by atoms with Crippen LogP contribution in [-0.2, 0) is 11.2 Å². The number of nitrogens with one attached hydrogen (secondary N) is 1. The van der Waals surface area contributed by atoms with Crippen LogP contribution in [0.4, 0.5) is 0 Å². The van der Waals surface area contributed by atoms with Gasteiger partial charge in [0.05, 0.1) is 6.10 Å². The largest absolute Gasteiger partial charge is 0.491 e. The van der Waals surface area contributed by atoms with Crippen molar-refractivity contribution in [2.75, 3.05) is 6.54 Å². The van der Waals surface area contributed by atoms with Crippen LogP contribution in [0.15, 0.2) is 42.5 Å². The van der Waals surface area contributed by atoms with Crippen molar-refractivity contribution in [3.63, 3.8) is 0 Å². The Morgan fingerprint density at radius 3 is 2.30 bits per heavy atom. The van der Waals surface area contributed by atoms with Crippen LogP contribution < -0.4 is 10.1 Å². The second-order valence-corrected chi connectivity index (χ2v) is 7.13. The first-order valence-electron chi connectivity index (χ1n) is 9.48. The first-order valence-corrected chi connectivity index (χ1v) is 9.48. The smallest absolute Gasteiger partial charge is 0.220 e. The SMILES string of the molecule is Cc1ccc(C(=O)CCC(=O)NCCc2ccc(OC(C)C)cc2)cc1C. The van der Waals surface area contributed by atoms with E-state index in [1.54, 1.807) is 0 Å². The zero-order valence-corrected chi connectivity index (χ0v) is 16.7. The lowest BCUT2D eigenvalue weighted by Crippen LogP contribution is -2.26. The van der Waals surface area contributed by atoms with Gasteiger partial charge < -0.3 is 10.1 Å². The monoisotopic (exact) mass is 367 g/mol. The number of hydrogen-bond acceptors (Lipinski definition) is 3. The molecular formula is C23H29NO3. The number of aryl methyl sites for hydroxylation is 2. The number of ether oxygens (including phenoxy) is 1. The Kier molecular flexibility index (Phi) is 7.59. The second-order valence-electron chi connectivity index (χ2n) is 7.13. The van der Waals surface area contributed by atoms with Gasteiger partial charge in [0.1, 0.15) is 5.75 Å². The van der Waals surface area contributed by atoms with E-state index in [0.717, 1.165) is 28.9 Å². The maximum absolute atomic E-state index is 12.2. The van der Waals surface area contributed by atoms with E-state index in [4.69, 9.17) is 4.74 Å². The average Bonchev–Trinajstić information content (AvgIpc) is 2.63. The highest BCUT2D eigenvalue weighted by molar-refractivity contribution is 5.98. The molecule has 27 heavy (non-hydrogen) atoms.